The van der Waals surface area contributed by atoms with Crippen molar-refractivity contribution >= 4 is 17.7 Å². The largest absolute Gasteiger partial charge is 0.497 e. The number of carbonyl (C=O) groups is 1. The Kier molecular flexibility index (Phi) is 5.86. The zero-order chi connectivity index (χ0) is 12.7. The first-order chi connectivity index (χ1) is 8.21. The van der Waals surface area contributed by atoms with Crippen LogP contribution in [0.25, 0.3) is 0 Å². The summed E-state index contributed by atoms with van der Waals surface area (Å²) < 4.78 is 9.83. The van der Waals surface area contributed by atoms with E-state index in [1.54, 1.807) is 25.9 Å². The molecule has 1 rings (SSSR count). The van der Waals surface area contributed by atoms with Crippen molar-refractivity contribution in [3.05, 3.63) is 24.3 Å². The van der Waals surface area contributed by atoms with Crippen molar-refractivity contribution in [2.75, 3.05) is 27.0 Å². The van der Waals surface area contributed by atoms with Crippen LogP contribution in [0.2, 0.25) is 0 Å². The lowest BCUT2D eigenvalue weighted by Gasteiger charge is -2.13. The van der Waals surface area contributed by atoms with Crippen molar-refractivity contribution < 1.29 is 14.3 Å². The molecule has 0 fully saturated rings. The second-order valence-corrected chi connectivity index (χ2v) is 4.45. The smallest absolute Gasteiger partial charge is 0.323 e. The molecule has 0 aliphatic rings. The van der Waals surface area contributed by atoms with Crippen LogP contribution in [0, 0.1) is 0 Å². The quantitative estimate of drug-likeness (QED) is 0.617. The normalized spacial score (nSPS) is 11.9. The molecule has 0 saturated carbocycles. The summed E-state index contributed by atoms with van der Waals surface area (Å²) in [6.45, 7) is 0. The Balaban J connectivity index is 2.56. The third-order valence-electron chi connectivity index (χ3n) is 2.29. The lowest BCUT2D eigenvalue weighted by molar-refractivity contribution is -0.142. The van der Waals surface area contributed by atoms with Gasteiger partial charge in [-0.25, -0.2) is 0 Å². The molecule has 1 aromatic carbocycles. The maximum Gasteiger partial charge on any atom is 0.323 e. The summed E-state index contributed by atoms with van der Waals surface area (Å²) in [5.74, 6) is 1.19. The minimum atomic E-state index is -0.295. The Morgan fingerprint density at radius 3 is 2.82 bits per heavy atom. The molecule has 1 atom stereocenters. The number of ether oxygens (including phenoxy) is 2. The summed E-state index contributed by atoms with van der Waals surface area (Å²) in [5, 5.41) is 2.92. The van der Waals surface area contributed by atoms with Crippen LogP contribution in [-0.4, -0.2) is 39.0 Å². The maximum atomic E-state index is 11.4. The van der Waals surface area contributed by atoms with E-state index in [0.717, 1.165) is 10.6 Å². The first kappa shape index (κ1) is 13.9. The highest BCUT2D eigenvalue weighted by atomic mass is 32.2. The van der Waals surface area contributed by atoms with Gasteiger partial charge in [0.15, 0.2) is 0 Å². The number of carbonyl (C=O) groups excluding carboxylic acids is 1. The van der Waals surface area contributed by atoms with Crippen LogP contribution in [-0.2, 0) is 9.53 Å². The lowest BCUT2D eigenvalue weighted by atomic mass is 10.3. The minimum absolute atomic E-state index is 0.247. The van der Waals surface area contributed by atoms with Crippen LogP contribution in [0.3, 0.4) is 0 Å². The fourth-order valence-electron chi connectivity index (χ4n) is 1.28. The molecular weight excluding hydrogens is 238 g/mol. The van der Waals surface area contributed by atoms with Crippen LogP contribution in [0.15, 0.2) is 29.2 Å². The van der Waals surface area contributed by atoms with Gasteiger partial charge >= 0.3 is 5.97 Å². The Morgan fingerprint density at radius 1 is 1.47 bits per heavy atom. The molecule has 0 bridgehead atoms. The average molecular weight is 255 g/mol. The number of hydrogen-bond donors (Lipinski definition) is 1. The second kappa shape index (κ2) is 7.19. The molecule has 0 amide bonds. The standard InChI is InChI=1S/C12H17NO3S/c1-13-11(12(14)16-3)8-17-10-6-4-5-9(7-10)15-2/h4-7,11,13H,8H2,1-3H3. The van der Waals surface area contributed by atoms with E-state index in [1.807, 2.05) is 24.3 Å². The first-order valence-corrected chi connectivity index (χ1v) is 6.21. The summed E-state index contributed by atoms with van der Waals surface area (Å²) in [7, 11) is 4.77. The van der Waals surface area contributed by atoms with Crippen LogP contribution in [0.5, 0.6) is 5.75 Å². The number of hydrogen-bond acceptors (Lipinski definition) is 5. The molecule has 5 heteroatoms. The van der Waals surface area contributed by atoms with Crippen molar-refractivity contribution in [2.45, 2.75) is 10.9 Å². The van der Waals surface area contributed by atoms with E-state index in [-0.39, 0.29) is 12.0 Å². The number of methoxy groups -OCH3 is 2. The number of thioether (sulfide) groups is 1. The molecule has 0 aromatic heterocycles. The second-order valence-electron chi connectivity index (χ2n) is 3.35. The molecule has 0 radical (unpaired) electrons. The third kappa shape index (κ3) is 4.28. The SMILES string of the molecule is CNC(CSc1cccc(OC)c1)C(=O)OC. The van der Waals surface area contributed by atoms with Crippen LogP contribution in [0.4, 0.5) is 0 Å². The van der Waals surface area contributed by atoms with Crippen LogP contribution in [0.1, 0.15) is 0 Å². The maximum absolute atomic E-state index is 11.4. The number of benzene rings is 1. The molecule has 1 aromatic rings. The molecule has 94 valence electrons. The van der Waals surface area contributed by atoms with Gasteiger partial charge in [0.25, 0.3) is 0 Å². The van der Waals surface area contributed by atoms with E-state index in [4.69, 9.17) is 9.47 Å². The Labute approximate surface area is 106 Å². The highest BCUT2D eigenvalue weighted by Gasteiger charge is 2.16. The lowest BCUT2D eigenvalue weighted by Crippen LogP contribution is -2.37. The topological polar surface area (TPSA) is 47.6 Å². The van der Waals surface area contributed by atoms with Gasteiger partial charge in [-0.3, -0.25) is 4.79 Å². The first-order valence-electron chi connectivity index (χ1n) is 5.23. The van der Waals surface area contributed by atoms with Crippen molar-refractivity contribution in [3.63, 3.8) is 0 Å². The Hall–Kier alpha value is -1.20. The van der Waals surface area contributed by atoms with Gasteiger partial charge in [0.05, 0.1) is 14.2 Å². The zero-order valence-electron chi connectivity index (χ0n) is 10.2. The molecule has 1 N–H and O–H groups in total. The fraction of sp³-hybridized carbons (Fsp3) is 0.417. The molecule has 0 aliphatic carbocycles. The number of nitrogens with one attached hydrogen (secondary N) is 1. The monoisotopic (exact) mass is 255 g/mol. The predicted molar refractivity (Wildman–Crippen MR) is 68.6 cm³/mol. The molecule has 1 unspecified atom stereocenters. The molecule has 4 nitrogen and oxygen atoms in total. The predicted octanol–water partition coefficient (Wildman–Crippen LogP) is 1.55. The fourth-order valence-corrected chi connectivity index (χ4v) is 2.32. The number of rotatable bonds is 6. The summed E-state index contributed by atoms with van der Waals surface area (Å²) >= 11 is 1.58. The van der Waals surface area contributed by atoms with Crippen molar-refractivity contribution in [1.29, 1.82) is 0 Å². The van der Waals surface area contributed by atoms with Crippen LogP contribution >= 0.6 is 11.8 Å². The van der Waals surface area contributed by atoms with Gasteiger partial charge < -0.3 is 14.8 Å². The number of likely N-dealkylation sites (N-methyl/N-ethyl adjacent to an activating group) is 1. The third-order valence-corrected chi connectivity index (χ3v) is 3.38. The van der Waals surface area contributed by atoms with Gasteiger partial charge in [-0.2, -0.15) is 0 Å². The van der Waals surface area contributed by atoms with E-state index in [1.165, 1.54) is 7.11 Å². The van der Waals surface area contributed by atoms with E-state index < -0.39 is 0 Å². The molecule has 0 heterocycles. The van der Waals surface area contributed by atoms with Gasteiger partial charge in [0, 0.05) is 10.6 Å². The summed E-state index contributed by atoms with van der Waals surface area (Å²) in [6.07, 6.45) is 0. The van der Waals surface area contributed by atoms with E-state index in [9.17, 15) is 4.79 Å². The molecule has 0 aliphatic heterocycles. The van der Waals surface area contributed by atoms with E-state index in [2.05, 4.69) is 5.32 Å². The van der Waals surface area contributed by atoms with E-state index >= 15 is 0 Å². The number of esters is 1. The van der Waals surface area contributed by atoms with Crippen LogP contribution < -0.4 is 10.1 Å². The van der Waals surface area contributed by atoms with Gasteiger partial charge in [-0.15, -0.1) is 11.8 Å². The molecular formula is C12H17NO3S. The minimum Gasteiger partial charge on any atom is -0.497 e. The average Bonchev–Trinajstić information content (AvgIpc) is 2.39. The summed E-state index contributed by atoms with van der Waals surface area (Å²) in [4.78, 5) is 12.4. The van der Waals surface area contributed by atoms with Crippen molar-refractivity contribution in [1.82, 2.24) is 5.32 Å². The van der Waals surface area contributed by atoms with Gasteiger partial charge in [0.2, 0.25) is 0 Å². The van der Waals surface area contributed by atoms with Gasteiger partial charge in [-0.05, 0) is 25.2 Å². The zero-order valence-corrected chi connectivity index (χ0v) is 11.0. The summed E-state index contributed by atoms with van der Waals surface area (Å²) in [5.41, 5.74) is 0. The van der Waals surface area contributed by atoms with Crippen molar-refractivity contribution in [2.24, 2.45) is 0 Å². The summed E-state index contributed by atoms with van der Waals surface area (Å²) in [6, 6.07) is 7.44. The highest BCUT2D eigenvalue weighted by molar-refractivity contribution is 7.99. The van der Waals surface area contributed by atoms with Gasteiger partial charge in [-0.1, -0.05) is 6.07 Å². The highest BCUT2D eigenvalue weighted by Crippen LogP contribution is 2.23. The van der Waals surface area contributed by atoms with Gasteiger partial charge in [0.1, 0.15) is 11.8 Å². The molecule has 0 spiro atoms. The Morgan fingerprint density at radius 2 is 2.24 bits per heavy atom. The van der Waals surface area contributed by atoms with E-state index in [0.29, 0.717) is 5.75 Å². The van der Waals surface area contributed by atoms with Crippen molar-refractivity contribution in [3.8, 4) is 5.75 Å². The Bertz CT molecular complexity index is 371. The molecule has 17 heavy (non-hydrogen) atoms. The molecule has 0 saturated heterocycles.